The number of hydrogen-bond donors (Lipinski definition) is 2. The summed E-state index contributed by atoms with van der Waals surface area (Å²) in [4.78, 5) is 12.7. The maximum atomic E-state index is 12.7. The summed E-state index contributed by atoms with van der Waals surface area (Å²) >= 11 is 3.47. The highest BCUT2D eigenvalue weighted by Gasteiger charge is 2.38. The molecule has 0 radical (unpaired) electrons. The number of halogens is 1. The van der Waals surface area contributed by atoms with Gasteiger partial charge >= 0.3 is 0 Å². The lowest BCUT2D eigenvalue weighted by Gasteiger charge is -2.36. The van der Waals surface area contributed by atoms with Crippen LogP contribution in [0.1, 0.15) is 44.7 Å². The Morgan fingerprint density at radius 3 is 2.95 bits per heavy atom. The second-order valence-corrected chi connectivity index (χ2v) is 6.58. The van der Waals surface area contributed by atoms with Gasteiger partial charge in [-0.1, -0.05) is 35.0 Å². The van der Waals surface area contributed by atoms with E-state index in [1.54, 1.807) is 0 Å². The molecule has 0 bridgehead atoms. The second kappa shape index (κ2) is 6.72. The van der Waals surface area contributed by atoms with Gasteiger partial charge < -0.3 is 10.6 Å². The largest absolute Gasteiger partial charge is 0.349 e. The molecule has 1 saturated heterocycles. The normalized spacial score (nSPS) is 24.1. The Balaban J connectivity index is 2.06. The maximum Gasteiger partial charge on any atom is 0.227 e. The number of benzene rings is 1. The van der Waals surface area contributed by atoms with Gasteiger partial charge in [0.2, 0.25) is 5.91 Å². The minimum Gasteiger partial charge on any atom is -0.349 e. The summed E-state index contributed by atoms with van der Waals surface area (Å²) in [6.07, 6.45) is 2.94. The summed E-state index contributed by atoms with van der Waals surface area (Å²) in [6, 6.07) is 8.14. The van der Waals surface area contributed by atoms with E-state index in [1.165, 1.54) is 0 Å². The Morgan fingerprint density at radius 2 is 2.35 bits per heavy atom. The third kappa shape index (κ3) is 3.41. The van der Waals surface area contributed by atoms with Crippen LogP contribution in [0.5, 0.6) is 0 Å². The molecule has 2 atom stereocenters. The minimum atomic E-state index is -0.238. The molecular formula is C16H23BrN2O. The third-order valence-electron chi connectivity index (χ3n) is 4.33. The van der Waals surface area contributed by atoms with Crippen molar-refractivity contribution in [3.63, 3.8) is 0 Å². The molecule has 0 aromatic heterocycles. The fourth-order valence-corrected chi connectivity index (χ4v) is 3.25. The fraction of sp³-hybridized carbons (Fsp3) is 0.562. The van der Waals surface area contributed by atoms with Gasteiger partial charge in [0.15, 0.2) is 0 Å². The molecule has 20 heavy (non-hydrogen) atoms. The Bertz CT molecular complexity index is 469. The van der Waals surface area contributed by atoms with Gasteiger partial charge in [-0.15, -0.1) is 0 Å². The van der Waals surface area contributed by atoms with E-state index in [2.05, 4.69) is 39.6 Å². The van der Waals surface area contributed by atoms with Gasteiger partial charge in [0.25, 0.3) is 0 Å². The van der Waals surface area contributed by atoms with Crippen LogP contribution in [-0.4, -0.2) is 19.0 Å². The first-order valence-electron chi connectivity index (χ1n) is 7.34. The Kier molecular flexibility index (Phi) is 5.22. The molecule has 2 rings (SSSR count). The van der Waals surface area contributed by atoms with Crippen molar-refractivity contribution in [1.82, 2.24) is 10.6 Å². The van der Waals surface area contributed by atoms with E-state index >= 15 is 0 Å². The van der Waals surface area contributed by atoms with E-state index < -0.39 is 0 Å². The van der Waals surface area contributed by atoms with Crippen LogP contribution < -0.4 is 10.6 Å². The predicted octanol–water partition coefficient (Wildman–Crippen LogP) is 3.41. The number of carbonyl (C=O) groups is 1. The van der Waals surface area contributed by atoms with Crippen molar-refractivity contribution in [2.75, 3.05) is 13.1 Å². The molecule has 1 amide bonds. The first-order chi connectivity index (χ1) is 9.57. The molecule has 3 nitrogen and oxygen atoms in total. The highest BCUT2D eigenvalue weighted by Crippen LogP contribution is 2.31. The molecular weight excluding hydrogens is 316 g/mol. The van der Waals surface area contributed by atoms with E-state index in [-0.39, 0.29) is 17.4 Å². The summed E-state index contributed by atoms with van der Waals surface area (Å²) in [5.41, 5.74) is 0.890. The molecule has 2 unspecified atom stereocenters. The molecule has 0 aliphatic carbocycles. The zero-order chi connectivity index (χ0) is 14.6. The fourth-order valence-electron chi connectivity index (χ4n) is 2.83. The van der Waals surface area contributed by atoms with Crippen LogP contribution in [-0.2, 0) is 4.79 Å². The summed E-state index contributed by atoms with van der Waals surface area (Å²) in [7, 11) is 0. The van der Waals surface area contributed by atoms with Crippen LogP contribution in [0.25, 0.3) is 0 Å². The topological polar surface area (TPSA) is 41.1 Å². The van der Waals surface area contributed by atoms with Crippen LogP contribution in [0, 0.1) is 5.41 Å². The highest BCUT2D eigenvalue weighted by atomic mass is 79.9. The summed E-state index contributed by atoms with van der Waals surface area (Å²) in [6.45, 7) is 5.96. The molecule has 110 valence electrons. The van der Waals surface area contributed by atoms with Gasteiger partial charge in [-0.3, -0.25) is 4.79 Å². The van der Waals surface area contributed by atoms with Gasteiger partial charge in [-0.05, 0) is 50.4 Å². The molecule has 2 N–H and O–H groups in total. The predicted molar refractivity (Wildman–Crippen MR) is 85.5 cm³/mol. The molecule has 1 aromatic rings. The van der Waals surface area contributed by atoms with Gasteiger partial charge in [-0.25, -0.2) is 0 Å². The Labute approximate surface area is 129 Å². The van der Waals surface area contributed by atoms with Crippen molar-refractivity contribution < 1.29 is 4.79 Å². The maximum absolute atomic E-state index is 12.7. The average molecular weight is 339 g/mol. The van der Waals surface area contributed by atoms with Gasteiger partial charge in [0.05, 0.1) is 11.5 Å². The number of amides is 1. The number of piperidine rings is 1. The third-order valence-corrected chi connectivity index (χ3v) is 4.82. The number of carbonyl (C=O) groups excluding carboxylic acids is 1. The lowest BCUT2D eigenvalue weighted by Crippen LogP contribution is -2.50. The first kappa shape index (κ1) is 15.5. The Hall–Kier alpha value is -0.870. The van der Waals surface area contributed by atoms with E-state index in [1.807, 2.05) is 25.1 Å². The number of rotatable bonds is 4. The van der Waals surface area contributed by atoms with Crippen LogP contribution in [0.15, 0.2) is 28.7 Å². The summed E-state index contributed by atoms with van der Waals surface area (Å²) in [5, 5.41) is 6.55. The second-order valence-electron chi connectivity index (χ2n) is 5.66. The minimum absolute atomic E-state index is 0.0327. The van der Waals surface area contributed by atoms with E-state index in [0.717, 1.165) is 42.4 Å². The van der Waals surface area contributed by atoms with Crippen molar-refractivity contribution in [2.45, 2.75) is 39.2 Å². The van der Waals surface area contributed by atoms with Crippen molar-refractivity contribution in [3.05, 3.63) is 34.3 Å². The van der Waals surface area contributed by atoms with Crippen molar-refractivity contribution in [3.8, 4) is 0 Å². The first-order valence-corrected chi connectivity index (χ1v) is 8.14. The molecule has 4 heteroatoms. The monoisotopic (exact) mass is 338 g/mol. The van der Waals surface area contributed by atoms with Gasteiger partial charge in [0, 0.05) is 11.0 Å². The molecule has 0 spiro atoms. The molecule has 1 aromatic carbocycles. The number of nitrogens with one attached hydrogen (secondary N) is 2. The zero-order valence-electron chi connectivity index (χ0n) is 12.2. The van der Waals surface area contributed by atoms with Crippen molar-refractivity contribution >= 4 is 21.8 Å². The van der Waals surface area contributed by atoms with Gasteiger partial charge in [-0.2, -0.15) is 0 Å². The Morgan fingerprint density at radius 1 is 1.55 bits per heavy atom. The molecule has 1 aliphatic rings. The smallest absolute Gasteiger partial charge is 0.227 e. The number of hydrogen-bond acceptors (Lipinski definition) is 2. The zero-order valence-corrected chi connectivity index (χ0v) is 13.8. The van der Waals surface area contributed by atoms with Crippen molar-refractivity contribution in [1.29, 1.82) is 0 Å². The van der Waals surface area contributed by atoms with E-state index in [0.29, 0.717) is 0 Å². The summed E-state index contributed by atoms with van der Waals surface area (Å²) in [5.74, 6) is 0.180. The summed E-state index contributed by atoms with van der Waals surface area (Å²) < 4.78 is 1.04. The van der Waals surface area contributed by atoms with Crippen LogP contribution in [0.3, 0.4) is 0 Å². The molecule has 1 heterocycles. The SMILES string of the molecule is CCC1(C(=O)NC(C)c2cccc(Br)c2)CCCNC1. The quantitative estimate of drug-likeness (QED) is 0.883. The van der Waals surface area contributed by atoms with E-state index in [9.17, 15) is 4.79 Å². The van der Waals surface area contributed by atoms with Crippen LogP contribution in [0.4, 0.5) is 0 Å². The highest BCUT2D eigenvalue weighted by molar-refractivity contribution is 9.10. The molecule has 0 saturated carbocycles. The van der Waals surface area contributed by atoms with E-state index in [4.69, 9.17) is 0 Å². The van der Waals surface area contributed by atoms with Crippen molar-refractivity contribution in [2.24, 2.45) is 5.41 Å². The van der Waals surface area contributed by atoms with Crippen LogP contribution in [0.2, 0.25) is 0 Å². The van der Waals surface area contributed by atoms with Crippen LogP contribution >= 0.6 is 15.9 Å². The lowest BCUT2D eigenvalue weighted by molar-refractivity contribution is -0.133. The molecule has 1 fully saturated rings. The van der Waals surface area contributed by atoms with Gasteiger partial charge in [0.1, 0.15) is 0 Å². The molecule has 1 aliphatic heterocycles. The lowest BCUT2D eigenvalue weighted by atomic mass is 9.77. The average Bonchev–Trinajstić information content (AvgIpc) is 2.47. The standard InChI is InChI=1S/C16H23BrN2O/c1-3-16(8-5-9-18-11-16)15(20)19-12(2)13-6-4-7-14(17)10-13/h4,6-7,10,12,18H,3,5,8-9,11H2,1-2H3,(H,19,20).